The standard InChI is InChI=1S/C15H26FN3O3/c1-12(2)11-17-14(21)19-5-3-15(16,4-6-19)13(20)18-7-9-22-10-8-18/h12H,3-11H2,1-2H3,(H,17,21). The number of nitrogens with one attached hydrogen (secondary N) is 1. The molecule has 0 aromatic rings. The number of likely N-dealkylation sites (tertiary alicyclic amines) is 1. The molecule has 0 aromatic heterocycles. The van der Waals surface area contributed by atoms with Crippen LogP contribution in [-0.4, -0.2) is 73.3 Å². The summed E-state index contributed by atoms with van der Waals surface area (Å²) in [5.74, 6) is -0.0741. The highest BCUT2D eigenvalue weighted by atomic mass is 19.1. The molecule has 22 heavy (non-hydrogen) atoms. The lowest BCUT2D eigenvalue weighted by atomic mass is 9.91. The maximum Gasteiger partial charge on any atom is 0.317 e. The van der Waals surface area contributed by atoms with Gasteiger partial charge in [-0.05, 0) is 5.92 Å². The van der Waals surface area contributed by atoms with Crippen LogP contribution in [0, 0.1) is 5.92 Å². The molecule has 3 amide bonds. The fourth-order valence-electron chi connectivity index (χ4n) is 2.73. The van der Waals surface area contributed by atoms with Crippen molar-refractivity contribution in [3.8, 4) is 0 Å². The van der Waals surface area contributed by atoms with Crippen molar-refractivity contribution >= 4 is 11.9 Å². The Hall–Kier alpha value is -1.37. The van der Waals surface area contributed by atoms with E-state index in [9.17, 15) is 14.0 Å². The van der Waals surface area contributed by atoms with Gasteiger partial charge in [-0.1, -0.05) is 13.8 Å². The molecule has 0 radical (unpaired) electrons. The lowest BCUT2D eigenvalue weighted by Crippen LogP contribution is -2.56. The summed E-state index contributed by atoms with van der Waals surface area (Å²) in [5.41, 5.74) is -1.84. The second-order valence-corrected chi connectivity index (χ2v) is 6.44. The molecular formula is C15H26FN3O3. The summed E-state index contributed by atoms with van der Waals surface area (Å²) in [6.07, 6.45) is 0.135. The van der Waals surface area contributed by atoms with E-state index in [4.69, 9.17) is 4.74 Å². The van der Waals surface area contributed by atoms with Crippen molar-refractivity contribution < 1.29 is 18.7 Å². The van der Waals surface area contributed by atoms with Gasteiger partial charge in [-0.3, -0.25) is 4.79 Å². The van der Waals surface area contributed by atoms with Crippen LogP contribution in [-0.2, 0) is 9.53 Å². The average Bonchev–Trinajstić information content (AvgIpc) is 2.53. The molecule has 0 atom stereocenters. The van der Waals surface area contributed by atoms with Crippen LogP contribution in [0.4, 0.5) is 9.18 Å². The zero-order valence-electron chi connectivity index (χ0n) is 13.4. The Morgan fingerprint density at radius 3 is 2.27 bits per heavy atom. The van der Waals surface area contributed by atoms with E-state index in [1.807, 2.05) is 13.8 Å². The molecule has 126 valence electrons. The molecule has 1 N–H and O–H groups in total. The summed E-state index contributed by atoms with van der Waals surface area (Å²) in [5, 5.41) is 2.82. The van der Waals surface area contributed by atoms with E-state index in [-0.39, 0.29) is 32.0 Å². The summed E-state index contributed by atoms with van der Waals surface area (Å²) >= 11 is 0. The molecule has 2 fully saturated rings. The summed E-state index contributed by atoms with van der Waals surface area (Å²) in [6, 6.07) is -0.172. The topological polar surface area (TPSA) is 61.9 Å². The quantitative estimate of drug-likeness (QED) is 0.846. The Morgan fingerprint density at radius 2 is 1.73 bits per heavy atom. The van der Waals surface area contributed by atoms with Gasteiger partial charge in [0, 0.05) is 45.6 Å². The number of rotatable bonds is 3. The third kappa shape index (κ3) is 4.09. The lowest BCUT2D eigenvalue weighted by Gasteiger charge is -2.39. The number of halogens is 1. The molecule has 2 rings (SSSR count). The van der Waals surface area contributed by atoms with E-state index in [0.717, 1.165) is 0 Å². The van der Waals surface area contributed by atoms with Crippen molar-refractivity contribution in [3.05, 3.63) is 0 Å². The molecule has 0 spiro atoms. The molecule has 2 aliphatic rings. The summed E-state index contributed by atoms with van der Waals surface area (Å²) < 4.78 is 20.1. The molecule has 7 heteroatoms. The van der Waals surface area contributed by atoms with Crippen molar-refractivity contribution in [1.82, 2.24) is 15.1 Å². The van der Waals surface area contributed by atoms with Crippen LogP contribution < -0.4 is 5.32 Å². The molecule has 6 nitrogen and oxygen atoms in total. The van der Waals surface area contributed by atoms with Crippen molar-refractivity contribution in [2.75, 3.05) is 45.9 Å². The second kappa shape index (κ2) is 7.26. The molecular weight excluding hydrogens is 289 g/mol. The SMILES string of the molecule is CC(C)CNC(=O)N1CCC(F)(C(=O)N2CCOCC2)CC1. The average molecular weight is 315 g/mol. The van der Waals surface area contributed by atoms with Gasteiger partial charge in [-0.25, -0.2) is 9.18 Å². The first-order chi connectivity index (χ1) is 10.4. The zero-order valence-corrected chi connectivity index (χ0v) is 13.4. The number of hydrogen-bond acceptors (Lipinski definition) is 3. The van der Waals surface area contributed by atoms with E-state index in [1.165, 1.54) is 4.90 Å². The minimum absolute atomic E-state index is 0.0677. The largest absolute Gasteiger partial charge is 0.378 e. The molecule has 2 aliphatic heterocycles. The number of amides is 3. The van der Waals surface area contributed by atoms with E-state index in [2.05, 4.69) is 5.32 Å². The summed E-state index contributed by atoms with van der Waals surface area (Å²) in [4.78, 5) is 27.4. The fourth-order valence-corrected chi connectivity index (χ4v) is 2.73. The third-order valence-electron chi connectivity index (χ3n) is 4.19. The number of hydrogen-bond donors (Lipinski definition) is 1. The maximum atomic E-state index is 14.9. The van der Waals surface area contributed by atoms with Gasteiger partial charge >= 0.3 is 6.03 Å². The highest BCUT2D eigenvalue weighted by Crippen LogP contribution is 2.29. The first kappa shape index (κ1) is 17.0. The smallest absolute Gasteiger partial charge is 0.317 e. The molecule has 2 saturated heterocycles. The van der Waals surface area contributed by atoms with Crippen molar-refractivity contribution in [3.63, 3.8) is 0 Å². The zero-order chi connectivity index (χ0) is 16.2. The number of ether oxygens (including phenoxy) is 1. The Bertz CT molecular complexity index is 403. The summed E-state index contributed by atoms with van der Waals surface area (Å²) in [7, 11) is 0. The highest BCUT2D eigenvalue weighted by molar-refractivity contribution is 5.86. The predicted molar refractivity (Wildman–Crippen MR) is 80.3 cm³/mol. The number of carbonyl (C=O) groups is 2. The Balaban J connectivity index is 1.84. The third-order valence-corrected chi connectivity index (χ3v) is 4.19. The molecule has 2 heterocycles. The maximum absolute atomic E-state index is 14.9. The molecule has 0 aliphatic carbocycles. The number of nitrogens with zero attached hydrogens (tertiary/aromatic N) is 2. The number of morpholine rings is 1. The van der Waals surface area contributed by atoms with E-state index < -0.39 is 11.6 Å². The van der Waals surface area contributed by atoms with Crippen LogP contribution in [0.1, 0.15) is 26.7 Å². The Morgan fingerprint density at radius 1 is 1.14 bits per heavy atom. The minimum Gasteiger partial charge on any atom is -0.378 e. The van der Waals surface area contributed by atoms with Gasteiger partial charge in [0.15, 0.2) is 5.67 Å². The lowest BCUT2D eigenvalue weighted by molar-refractivity contribution is -0.151. The van der Waals surface area contributed by atoms with Gasteiger partial charge < -0.3 is 19.9 Å². The van der Waals surface area contributed by atoms with Crippen LogP contribution in [0.5, 0.6) is 0 Å². The van der Waals surface area contributed by atoms with Crippen molar-refractivity contribution in [1.29, 1.82) is 0 Å². The van der Waals surface area contributed by atoms with Gasteiger partial charge in [-0.15, -0.1) is 0 Å². The van der Waals surface area contributed by atoms with Crippen molar-refractivity contribution in [2.24, 2.45) is 5.92 Å². The first-order valence-electron chi connectivity index (χ1n) is 8.01. The van der Waals surface area contributed by atoms with Gasteiger partial charge in [0.2, 0.25) is 0 Å². The van der Waals surface area contributed by atoms with Crippen LogP contribution >= 0.6 is 0 Å². The minimum atomic E-state index is -1.84. The second-order valence-electron chi connectivity index (χ2n) is 6.44. The fraction of sp³-hybridized carbons (Fsp3) is 0.867. The number of alkyl halides is 1. The molecule has 0 unspecified atom stereocenters. The molecule has 0 aromatic carbocycles. The van der Waals surface area contributed by atoms with Gasteiger partial charge in [0.05, 0.1) is 13.2 Å². The monoisotopic (exact) mass is 315 g/mol. The highest BCUT2D eigenvalue weighted by Gasteiger charge is 2.45. The van der Waals surface area contributed by atoms with E-state index >= 15 is 0 Å². The number of urea groups is 1. The van der Waals surface area contributed by atoms with Crippen molar-refractivity contribution in [2.45, 2.75) is 32.4 Å². The van der Waals surface area contributed by atoms with E-state index in [1.54, 1.807) is 4.90 Å². The summed E-state index contributed by atoms with van der Waals surface area (Å²) in [6.45, 7) is 7.01. The molecule has 0 bridgehead atoms. The van der Waals surface area contributed by atoms with Gasteiger partial charge in [0.25, 0.3) is 5.91 Å². The Kier molecular flexibility index (Phi) is 5.61. The van der Waals surface area contributed by atoms with Crippen LogP contribution in [0.2, 0.25) is 0 Å². The van der Waals surface area contributed by atoms with Gasteiger partial charge in [-0.2, -0.15) is 0 Å². The van der Waals surface area contributed by atoms with Crippen LogP contribution in [0.3, 0.4) is 0 Å². The van der Waals surface area contributed by atoms with Crippen LogP contribution in [0.25, 0.3) is 0 Å². The van der Waals surface area contributed by atoms with E-state index in [0.29, 0.717) is 38.8 Å². The van der Waals surface area contributed by atoms with Gasteiger partial charge in [0.1, 0.15) is 0 Å². The predicted octanol–water partition coefficient (Wildman–Crippen LogP) is 1.01. The molecule has 0 saturated carbocycles. The normalized spacial score (nSPS) is 21.8. The Labute approximate surface area is 131 Å². The number of piperidine rings is 1. The number of carbonyl (C=O) groups excluding carboxylic acids is 2. The van der Waals surface area contributed by atoms with Crippen LogP contribution in [0.15, 0.2) is 0 Å². The first-order valence-corrected chi connectivity index (χ1v) is 8.01.